The summed E-state index contributed by atoms with van der Waals surface area (Å²) in [5.41, 5.74) is 2.40. The molecule has 8 heteroatoms. The van der Waals surface area contributed by atoms with Crippen molar-refractivity contribution in [3.8, 4) is 11.3 Å². The third kappa shape index (κ3) is 3.96. The second-order valence-corrected chi connectivity index (χ2v) is 8.30. The number of aryl methyl sites for hydroxylation is 1. The molecule has 0 bridgehead atoms. The van der Waals surface area contributed by atoms with E-state index in [-0.39, 0.29) is 10.7 Å². The molecule has 5 nitrogen and oxygen atoms in total. The number of benzene rings is 2. The maximum atomic E-state index is 13.0. The Kier molecular flexibility index (Phi) is 5.60. The van der Waals surface area contributed by atoms with Gasteiger partial charge >= 0.3 is 0 Å². The minimum atomic E-state index is -0.579. The molecule has 30 heavy (non-hydrogen) atoms. The second kappa shape index (κ2) is 8.18. The van der Waals surface area contributed by atoms with Crippen molar-refractivity contribution in [3.05, 3.63) is 81.0 Å². The molecule has 0 atom stereocenters. The van der Waals surface area contributed by atoms with Gasteiger partial charge in [0.05, 0.1) is 5.69 Å². The van der Waals surface area contributed by atoms with E-state index in [1.165, 1.54) is 11.0 Å². The van der Waals surface area contributed by atoms with Gasteiger partial charge in [0.1, 0.15) is 17.1 Å². The van der Waals surface area contributed by atoms with Crippen LogP contribution < -0.4 is 10.2 Å². The van der Waals surface area contributed by atoms with Crippen LogP contribution in [0.5, 0.6) is 0 Å². The molecule has 0 unspecified atom stereocenters. The van der Waals surface area contributed by atoms with Gasteiger partial charge in [-0.2, -0.15) is 0 Å². The average molecular weight is 502 g/mol. The Morgan fingerprint density at radius 2 is 1.83 bits per heavy atom. The van der Waals surface area contributed by atoms with Crippen molar-refractivity contribution < 1.29 is 14.0 Å². The zero-order valence-electron chi connectivity index (χ0n) is 15.6. The molecule has 0 saturated carbocycles. The van der Waals surface area contributed by atoms with Gasteiger partial charge < -0.3 is 4.42 Å². The zero-order valence-corrected chi connectivity index (χ0v) is 18.8. The van der Waals surface area contributed by atoms with Gasteiger partial charge in [0.25, 0.3) is 11.8 Å². The van der Waals surface area contributed by atoms with Crippen LogP contribution in [-0.2, 0) is 9.59 Å². The lowest BCUT2D eigenvalue weighted by Gasteiger charge is -2.28. The highest BCUT2D eigenvalue weighted by Crippen LogP contribution is 2.31. The molecule has 1 saturated heterocycles. The standard InChI is InChI=1S/C22H14BrClN2O3S/c1-12-2-8-16(18(23)10-12)19-9-7-15(29-19)11-17-20(27)25-22(30)26(21(17)28)14-5-3-13(24)4-6-14/h2-11H,1H3,(H,25,27,30)/b17-11-. The minimum absolute atomic E-state index is 0.00759. The van der Waals surface area contributed by atoms with E-state index in [0.29, 0.717) is 22.2 Å². The van der Waals surface area contributed by atoms with Gasteiger partial charge in [-0.05, 0) is 79.3 Å². The van der Waals surface area contributed by atoms with Crippen LogP contribution in [0.25, 0.3) is 17.4 Å². The van der Waals surface area contributed by atoms with Crippen molar-refractivity contribution >= 4 is 68.4 Å². The van der Waals surface area contributed by atoms with Crippen molar-refractivity contribution in [2.45, 2.75) is 6.92 Å². The number of carbonyl (C=O) groups is 2. The summed E-state index contributed by atoms with van der Waals surface area (Å²) in [6, 6.07) is 16.0. The predicted molar refractivity (Wildman–Crippen MR) is 124 cm³/mol. The molecule has 0 radical (unpaired) electrons. The lowest BCUT2D eigenvalue weighted by molar-refractivity contribution is -0.122. The topological polar surface area (TPSA) is 62.6 Å². The number of nitrogens with one attached hydrogen (secondary N) is 1. The Labute approximate surface area is 191 Å². The van der Waals surface area contributed by atoms with Crippen molar-refractivity contribution in [2.24, 2.45) is 0 Å². The lowest BCUT2D eigenvalue weighted by Crippen LogP contribution is -2.54. The first-order valence-corrected chi connectivity index (χ1v) is 10.4. The molecule has 2 heterocycles. The molecule has 150 valence electrons. The van der Waals surface area contributed by atoms with E-state index in [0.717, 1.165) is 15.6 Å². The molecule has 1 aliphatic heterocycles. The molecule has 1 N–H and O–H groups in total. The minimum Gasteiger partial charge on any atom is -0.457 e. The quantitative estimate of drug-likeness (QED) is 0.292. The summed E-state index contributed by atoms with van der Waals surface area (Å²) in [4.78, 5) is 26.7. The maximum absolute atomic E-state index is 13.0. The van der Waals surface area contributed by atoms with E-state index in [9.17, 15) is 9.59 Å². The molecular formula is C22H14BrClN2O3S. The van der Waals surface area contributed by atoms with Crippen molar-refractivity contribution in [3.63, 3.8) is 0 Å². The smallest absolute Gasteiger partial charge is 0.270 e. The van der Waals surface area contributed by atoms with Gasteiger partial charge in [-0.25, -0.2) is 0 Å². The SMILES string of the molecule is Cc1ccc(-c2ccc(/C=C3/C(=O)NC(=S)N(c4ccc(Cl)cc4)C3=O)o2)c(Br)c1. The van der Waals surface area contributed by atoms with Crippen LogP contribution >= 0.6 is 39.7 Å². The van der Waals surface area contributed by atoms with Gasteiger partial charge in [0.15, 0.2) is 5.11 Å². The van der Waals surface area contributed by atoms with Crippen LogP contribution in [-0.4, -0.2) is 16.9 Å². The molecule has 1 aromatic heterocycles. The van der Waals surface area contributed by atoms with E-state index in [4.69, 9.17) is 28.2 Å². The fourth-order valence-electron chi connectivity index (χ4n) is 3.02. The number of anilines is 1. The molecule has 3 aromatic rings. The summed E-state index contributed by atoms with van der Waals surface area (Å²) < 4.78 is 6.76. The molecule has 1 fully saturated rings. The van der Waals surface area contributed by atoms with Gasteiger partial charge in [0, 0.05) is 15.1 Å². The van der Waals surface area contributed by atoms with Crippen LogP contribution in [0.4, 0.5) is 5.69 Å². The molecule has 0 aliphatic carbocycles. The number of halogens is 2. The Morgan fingerprint density at radius 1 is 1.10 bits per heavy atom. The Morgan fingerprint density at radius 3 is 2.53 bits per heavy atom. The van der Waals surface area contributed by atoms with E-state index in [1.54, 1.807) is 36.4 Å². The van der Waals surface area contributed by atoms with E-state index in [1.807, 2.05) is 25.1 Å². The highest BCUT2D eigenvalue weighted by Gasteiger charge is 2.34. The number of hydrogen-bond donors (Lipinski definition) is 1. The van der Waals surface area contributed by atoms with Crippen LogP contribution in [0, 0.1) is 6.92 Å². The largest absolute Gasteiger partial charge is 0.457 e. The monoisotopic (exact) mass is 500 g/mol. The number of hydrogen-bond acceptors (Lipinski definition) is 4. The number of furan rings is 1. The van der Waals surface area contributed by atoms with Crippen molar-refractivity contribution in [1.29, 1.82) is 0 Å². The van der Waals surface area contributed by atoms with Gasteiger partial charge in [-0.1, -0.05) is 33.6 Å². The third-order valence-corrected chi connectivity index (χ3v) is 5.68. The summed E-state index contributed by atoms with van der Waals surface area (Å²) >= 11 is 14.6. The first kappa shape index (κ1) is 20.5. The molecule has 4 rings (SSSR count). The molecule has 1 aliphatic rings. The second-order valence-electron chi connectivity index (χ2n) is 6.62. The summed E-state index contributed by atoms with van der Waals surface area (Å²) in [5.74, 6) is -0.132. The number of rotatable bonds is 3. The fourth-order valence-corrected chi connectivity index (χ4v) is 4.12. The summed E-state index contributed by atoms with van der Waals surface area (Å²) in [7, 11) is 0. The van der Waals surface area contributed by atoms with E-state index >= 15 is 0 Å². The lowest BCUT2D eigenvalue weighted by atomic mass is 10.1. The van der Waals surface area contributed by atoms with Crippen LogP contribution in [0.15, 0.2) is 69.1 Å². The maximum Gasteiger partial charge on any atom is 0.270 e. The predicted octanol–water partition coefficient (Wildman–Crippen LogP) is 5.50. The van der Waals surface area contributed by atoms with Crippen LogP contribution in [0.3, 0.4) is 0 Å². The third-order valence-electron chi connectivity index (χ3n) is 4.49. The Hall–Kier alpha value is -2.74. The normalized spacial score (nSPS) is 15.6. The summed E-state index contributed by atoms with van der Waals surface area (Å²) in [5, 5.41) is 3.08. The first-order valence-electron chi connectivity index (χ1n) is 8.87. The van der Waals surface area contributed by atoms with Crippen LogP contribution in [0.2, 0.25) is 5.02 Å². The Balaban J connectivity index is 1.68. The van der Waals surface area contributed by atoms with Crippen LogP contribution in [0.1, 0.15) is 11.3 Å². The first-order chi connectivity index (χ1) is 14.3. The Bertz CT molecular complexity index is 1220. The highest BCUT2D eigenvalue weighted by atomic mass is 79.9. The number of carbonyl (C=O) groups excluding carboxylic acids is 2. The molecular weight excluding hydrogens is 488 g/mol. The van der Waals surface area contributed by atoms with Gasteiger partial charge in [-0.15, -0.1) is 0 Å². The van der Waals surface area contributed by atoms with E-state index in [2.05, 4.69) is 21.2 Å². The summed E-state index contributed by atoms with van der Waals surface area (Å²) in [6.45, 7) is 2.00. The van der Waals surface area contributed by atoms with E-state index < -0.39 is 11.8 Å². The number of thiocarbonyl (C=S) groups is 1. The summed E-state index contributed by atoms with van der Waals surface area (Å²) in [6.07, 6.45) is 1.41. The highest BCUT2D eigenvalue weighted by molar-refractivity contribution is 9.10. The van der Waals surface area contributed by atoms with Gasteiger partial charge in [0.2, 0.25) is 0 Å². The van der Waals surface area contributed by atoms with Crippen molar-refractivity contribution in [2.75, 3.05) is 4.90 Å². The van der Waals surface area contributed by atoms with Gasteiger partial charge in [-0.3, -0.25) is 19.8 Å². The molecule has 0 spiro atoms. The fraction of sp³-hybridized carbons (Fsp3) is 0.0455. The molecule has 2 aromatic carbocycles. The zero-order chi connectivity index (χ0) is 21.4. The molecule has 2 amide bonds. The average Bonchev–Trinajstić information content (AvgIpc) is 3.15. The number of nitrogens with zero attached hydrogens (tertiary/aromatic N) is 1. The number of amides is 2. The van der Waals surface area contributed by atoms with Crippen molar-refractivity contribution in [1.82, 2.24) is 5.32 Å².